The highest BCUT2D eigenvalue weighted by Crippen LogP contribution is 2.31. The summed E-state index contributed by atoms with van der Waals surface area (Å²) in [6.07, 6.45) is 2.67. The van der Waals surface area contributed by atoms with E-state index in [0.29, 0.717) is 13.1 Å². The van der Waals surface area contributed by atoms with Crippen LogP contribution in [0.4, 0.5) is 5.69 Å². The maximum atomic E-state index is 12.8. The highest BCUT2D eigenvalue weighted by Gasteiger charge is 2.30. The van der Waals surface area contributed by atoms with E-state index in [0.717, 1.165) is 34.6 Å². The second kappa shape index (κ2) is 9.50. The number of rotatable bonds is 6. The third-order valence-electron chi connectivity index (χ3n) is 6.41. The van der Waals surface area contributed by atoms with E-state index in [1.807, 2.05) is 37.3 Å². The first kappa shape index (κ1) is 23.8. The van der Waals surface area contributed by atoms with E-state index in [4.69, 9.17) is 4.98 Å². The highest BCUT2D eigenvalue weighted by molar-refractivity contribution is 7.88. The smallest absolute Gasteiger partial charge is 0.241 e. The van der Waals surface area contributed by atoms with Gasteiger partial charge >= 0.3 is 0 Å². The molecule has 33 heavy (non-hydrogen) atoms. The summed E-state index contributed by atoms with van der Waals surface area (Å²) >= 11 is 1.67. The fourth-order valence-corrected chi connectivity index (χ4v) is 5.99. The van der Waals surface area contributed by atoms with Crippen LogP contribution in [0.25, 0.3) is 20.8 Å². The Bertz CT molecular complexity index is 1250. The molecule has 1 aromatic heterocycles. The van der Waals surface area contributed by atoms with Crippen molar-refractivity contribution in [3.05, 3.63) is 48.0 Å². The molecule has 1 amide bonds. The zero-order valence-electron chi connectivity index (χ0n) is 19.4. The molecule has 1 unspecified atom stereocenters. The molecule has 3 aromatic rings. The zero-order chi connectivity index (χ0) is 23.8. The summed E-state index contributed by atoms with van der Waals surface area (Å²) in [5.41, 5.74) is 3.99. The maximum absolute atomic E-state index is 12.8. The molecule has 1 aliphatic rings. The number of carbonyl (C=O) groups is 1. The molecule has 4 rings (SSSR count). The molecular formula is C24H30N4O3S2. The van der Waals surface area contributed by atoms with Crippen LogP contribution in [0.1, 0.15) is 25.3 Å². The molecule has 9 heteroatoms. The van der Waals surface area contributed by atoms with Crippen LogP contribution in [0.15, 0.2) is 42.5 Å². The minimum atomic E-state index is -3.20. The standard InChI is InChI=1S/C24H30N4O3S2/c1-16-5-10-21-22(15-16)32-24(26-21)18-6-8-19(9-7-18)25-23(29)17(2)28-13-11-20(12-14-28)27(3)33(4,30)31/h5-10,15,17,20H,11-14H2,1-4H3,(H,25,29). The third-order valence-corrected chi connectivity index (χ3v) is 8.82. The fourth-order valence-electron chi connectivity index (χ4n) is 4.17. The van der Waals surface area contributed by atoms with E-state index < -0.39 is 10.0 Å². The number of nitrogens with zero attached hydrogens (tertiary/aromatic N) is 3. The first-order valence-electron chi connectivity index (χ1n) is 11.1. The van der Waals surface area contributed by atoms with Gasteiger partial charge in [0.05, 0.1) is 22.5 Å². The number of hydrogen-bond donors (Lipinski definition) is 1. The molecule has 1 fully saturated rings. The van der Waals surface area contributed by atoms with E-state index in [1.54, 1.807) is 18.4 Å². The van der Waals surface area contributed by atoms with Gasteiger partial charge in [-0.1, -0.05) is 6.07 Å². The Labute approximate surface area is 199 Å². The highest BCUT2D eigenvalue weighted by atomic mass is 32.2. The summed E-state index contributed by atoms with van der Waals surface area (Å²) in [5, 5.41) is 3.97. The second-order valence-corrected chi connectivity index (χ2v) is 11.9. The van der Waals surface area contributed by atoms with Crippen molar-refractivity contribution in [1.82, 2.24) is 14.2 Å². The number of aromatic nitrogens is 1. The van der Waals surface area contributed by atoms with Gasteiger partial charge in [0.15, 0.2) is 0 Å². The molecule has 1 saturated heterocycles. The van der Waals surface area contributed by atoms with Crippen LogP contribution < -0.4 is 5.32 Å². The first-order chi connectivity index (χ1) is 15.6. The second-order valence-electron chi connectivity index (χ2n) is 8.78. The molecule has 0 radical (unpaired) electrons. The molecule has 2 aromatic carbocycles. The zero-order valence-corrected chi connectivity index (χ0v) is 21.0. The minimum Gasteiger partial charge on any atom is -0.325 e. The van der Waals surface area contributed by atoms with Gasteiger partial charge in [0.25, 0.3) is 0 Å². The van der Waals surface area contributed by atoms with Crippen molar-refractivity contribution in [2.24, 2.45) is 0 Å². The Morgan fingerprint density at radius 1 is 1.18 bits per heavy atom. The van der Waals surface area contributed by atoms with E-state index in [9.17, 15) is 13.2 Å². The molecular weight excluding hydrogens is 456 g/mol. The van der Waals surface area contributed by atoms with Crippen LogP contribution in [0.5, 0.6) is 0 Å². The lowest BCUT2D eigenvalue weighted by molar-refractivity contribution is -0.121. The molecule has 1 atom stereocenters. The molecule has 1 aliphatic heterocycles. The van der Waals surface area contributed by atoms with Gasteiger partial charge < -0.3 is 5.32 Å². The van der Waals surface area contributed by atoms with Gasteiger partial charge in [-0.05, 0) is 68.7 Å². The van der Waals surface area contributed by atoms with Crippen molar-refractivity contribution in [2.45, 2.75) is 38.8 Å². The lowest BCUT2D eigenvalue weighted by Gasteiger charge is -2.38. The lowest BCUT2D eigenvalue weighted by atomic mass is 10.0. The molecule has 0 spiro atoms. The average molecular weight is 487 g/mol. The largest absolute Gasteiger partial charge is 0.325 e. The molecule has 1 N–H and O–H groups in total. The topological polar surface area (TPSA) is 82.6 Å². The van der Waals surface area contributed by atoms with Gasteiger partial charge in [-0.3, -0.25) is 9.69 Å². The Hall–Kier alpha value is -2.33. The quantitative estimate of drug-likeness (QED) is 0.570. The van der Waals surface area contributed by atoms with Gasteiger partial charge in [0.1, 0.15) is 5.01 Å². The number of hydrogen-bond acceptors (Lipinski definition) is 6. The molecule has 176 valence electrons. The van der Waals surface area contributed by atoms with Crippen molar-refractivity contribution < 1.29 is 13.2 Å². The fraction of sp³-hybridized carbons (Fsp3) is 0.417. The third kappa shape index (κ3) is 5.43. The van der Waals surface area contributed by atoms with Gasteiger partial charge in [-0.2, -0.15) is 0 Å². The number of sulfonamides is 1. The molecule has 0 bridgehead atoms. The monoisotopic (exact) mass is 486 g/mol. The van der Waals surface area contributed by atoms with Crippen molar-refractivity contribution >= 4 is 43.2 Å². The number of fused-ring (bicyclic) bond motifs is 1. The average Bonchev–Trinajstić information content (AvgIpc) is 3.21. The molecule has 7 nitrogen and oxygen atoms in total. The molecule has 0 saturated carbocycles. The van der Waals surface area contributed by atoms with E-state index in [2.05, 4.69) is 29.3 Å². The van der Waals surface area contributed by atoms with E-state index in [-0.39, 0.29) is 18.0 Å². The Morgan fingerprint density at radius 2 is 1.85 bits per heavy atom. The normalized spacial score (nSPS) is 16.9. The Morgan fingerprint density at radius 3 is 2.48 bits per heavy atom. The summed E-state index contributed by atoms with van der Waals surface area (Å²) in [6.45, 7) is 5.35. The van der Waals surface area contributed by atoms with Crippen molar-refractivity contribution in [1.29, 1.82) is 0 Å². The number of benzene rings is 2. The van der Waals surface area contributed by atoms with Gasteiger partial charge in [-0.15, -0.1) is 11.3 Å². The van der Waals surface area contributed by atoms with E-state index in [1.165, 1.54) is 20.8 Å². The van der Waals surface area contributed by atoms with Gasteiger partial charge in [0.2, 0.25) is 15.9 Å². The number of thiazole rings is 1. The predicted octanol–water partition coefficient (Wildman–Crippen LogP) is 3.95. The number of amides is 1. The van der Waals surface area contributed by atoms with Crippen LogP contribution in [0.2, 0.25) is 0 Å². The van der Waals surface area contributed by atoms with Crippen molar-refractivity contribution in [2.75, 3.05) is 31.7 Å². The Balaban J connectivity index is 1.35. The number of piperidine rings is 1. The number of nitrogens with one attached hydrogen (secondary N) is 1. The Kier molecular flexibility index (Phi) is 6.86. The molecule has 2 heterocycles. The summed E-state index contributed by atoms with van der Waals surface area (Å²) in [5.74, 6) is -0.0619. The summed E-state index contributed by atoms with van der Waals surface area (Å²) < 4.78 is 26.2. The predicted molar refractivity (Wildman–Crippen MR) is 135 cm³/mol. The lowest BCUT2D eigenvalue weighted by Crippen LogP contribution is -2.50. The first-order valence-corrected chi connectivity index (χ1v) is 13.7. The van der Waals surface area contributed by atoms with Gasteiger partial charge in [0, 0.05) is 37.4 Å². The minimum absolute atomic E-state index is 0.00881. The number of aryl methyl sites for hydroxylation is 1. The number of likely N-dealkylation sites (tertiary alicyclic amines) is 1. The summed E-state index contributed by atoms with van der Waals surface area (Å²) in [7, 11) is -1.57. The SMILES string of the molecule is Cc1ccc2nc(-c3ccc(NC(=O)C(C)N4CCC(N(C)S(C)(=O)=O)CC4)cc3)sc2c1. The van der Waals surface area contributed by atoms with Gasteiger partial charge in [-0.25, -0.2) is 17.7 Å². The van der Waals surface area contributed by atoms with Crippen LogP contribution in [0, 0.1) is 6.92 Å². The summed E-state index contributed by atoms with van der Waals surface area (Å²) in [6, 6.07) is 13.7. The van der Waals surface area contributed by atoms with Crippen LogP contribution in [-0.4, -0.2) is 67.0 Å². The number of anilines is 1. The van der Waals surface area contributed by atoms with Crippen LogP contribution in [-0.2, 0) is 14.8 Å². The van der Waals surface area contributed by atoms with Crippen LogP contribution >= 0.6 is 11.3 Å². The van der Waals surface area contributed by atoms with Crippen molar-refractivity contribution in [3.8, 4) is 10.6 Å². The van der Waals surface area contributed by atoms with E-state index >= 15 is 0 Å². The maximum Gasteiger partial charge on any atom is 0.241 e. The number of carbonyl (C=O) groups excluding carboxylic acids is 1. The van der Waals surface area contributed by atoms with Crippen molar-refractivity contribution in [3.63, 3.8) is 0 Å². The summed E-state index contributed by atoms with van der Waals surface area (Å²) in [4.78, 5) is 19.7. The van der Waals surface area contributed by atoms with Crippen LogP contribution in [0.3, 0.4) is 0 Å². The molecule has 0 aliphatic carbocycles.